The Morgan fingerprint density at radius 3 is 1.75 bits per heavy atom. The van der Waals surface area contributed by atoms with Crippen molar-refractivity contribution in [2.45, 2.75) is 0 Å². The second-order valence-electron chi connectivity index (χ2n) is 1.28. The van der Waals surface area contributed by atoms with E-state index in [0.29, 0.717) is 0 Å². The highest BCUT2D eigenvalue weighted by Gasteiger charge is 1.66. The van der Waals surface area contributed by atoms with Gasteiger partial charge < -0.3 is 0 Å². The Labute approximate surface area is 48.0 Å². The first-order valence-corrected chi connectivity index (χ1v) is 2.37. The molecular weight excluding hydrogens is 100 g/mol. The summed E-state index contributed by atoms with van der Waals surface area (Å²) in [5.41, 5.74) is 0. The maximum atomic E-state index is 3.82. The van der Waals surface area contributed by atoms with Gasteiger partial charge in [0.05, 0.1) is 0 Å². The minimum absolute atomic E-state index is 1.64. The average Bonchev–Trinajstić information content (AvgIpc) is 1.62. The van der Waals surface area contributed by atoms with Gasteiger partial charge in [0, 0.05) is 24.8 Å². The van der Waals surface area contributed by atoms with Gasteiger partial charge in [-0.25, -0.2) is 0 Å². The largest absolute Gasteiger partial charge is 0.263 e. The van der Waals surface area contributed by atoms with Gasteiger partial charge in [0.1, 0.15) is 0 Å². The lowest BCUT2D eigenvalue weighted by atomic mass is 10.5. The molecule has 0 unspecified atom stereocenters. The van der Waals surface area contributed by atoms with Gasteiger partial charge in [-0.15, -0.1) is 0 Å². The molecule has 2 nitrogen and oxygen atoms in total. The normalized spacial score (nSPS) is 20.0. The van der Waals surface area contributed by atoms with Crippen LogP contribution in [0, 0.1) is 0 Å². The van der Waals surface area contributed by atoms with Crippen LogP contribution >= 0.6 is 0 Å². The fourth-order valence-corrected chi connectivity index (χ4v) is 0.375. The van der Waals surface area contributed by atoms with Crippen molar-refractivity contribution in [2.75, 3.05) is 0 Å². The van der Waals surface area contributed by atoms with Crippen LogP contribution in [0.4, 0.5) is 0 Å². The summed E-state index contributed by atoms with van der Waals surface area (Å²) in [5.74, 6) is 0. The molecule has 40 valence electrons. The molecule has 0 atom stereocenters. The fourth-order valence-electron chi connectivity index (χ4n) is 0.375. The molecule has 0 fully saturated rings. The average molecular weight is 106 g/mol. The van der Waals surface area contributed by atoms with Crippen LogP contribution in [-0.2, 0) is 0 Å². The minimum atomic E-state index is 1.64. The van der Waals surface area contributed by atoms with E-state index in [1.54, 1.807) is 24.8 Å². The maximum absolute atomic E-state index is 3.82. The van der Waals surface area contributed by atoms with E-state index in [1.807, 2.05) is 12.2 Å². The second-order valence-corrected chi connectivity index (χ2v) is 1.28. The number of allylic oxidation sites excluding steroid dienone is 2. The predicted molar refractivity (Wildman–Crippen MR) is 35.3 cm³/mol. The summed E-state index contributed by atoms with van der Waals surface area (Å²) in [6.45, 7) is 0. The first-order valence-electron chi connectivity index (χ1n) is 2.37. The van der Waals surface area contributed by atoms with Crippen LogP contribution in [-0.4, -0.2) is 12.4 Å². The summed E-state index contributed by atoms with van der Waals surface area (Å²) in [6, 6.07) is 0. The van der Waals surface area contributed by atoms with Crippen molar-refractivity contribution < 1.29 is 0 Å². The summed E-state index contributed by atoms with van der Waals surface area (Å²) >= 11 is 0. The number of aliphatic imine (C=N–C) groups is 2. The number of rotatable bonds is 0. The molecule has 0 amide bonds. The summed E-state index contributed by atoms with van der Waals surface area (Å²) in [6.07, 6.45) is 10.4. The second kappa shape index (κ2) is 2.91. The van der Waals surface area contributed by atoms with E-state index in [0.717, 1.165) is 0 Å². The zero-order valence-corrected chi connectivity index (χ0v) is 4.36. The van der Waals surface area contributed by atoms with E-state index in [4.69, 9.17) is 0 Å². The van der Waals surface area contributed by atoms with Crippen LogP contribution < -0.4 is 0 Å². The molecule has 0 aromatic rings. The monoisotopic (exact) mass is 106 g/mol. The Morgan fingerprint density at radius 2 is 1.25 bits per heavy atom. The highest BCUT2D eigenvalue weighted by atomic mass is 14.7. The molecule has 2 heteroatoms. The number of nitrogens with zero attached hydrogens (tertiary/aromatic N) is 2. The lowest BCUT2D eigenvalue weighted by Gasteiger charge is -1.77. The van der Waals surface area contributed by atoms with Crippen molar-refractivity contribution in [1.82, 2.24) is 0 Å². The smallest absolute Gasteiger partial charge is 0.0450 e. The van der Waals surface area contributed by atoms with Crippen molar-refractivity contribution in [2.24, 2.45) is 9.98 Å². The van der Waals surface area contributed by atoms with Gasteiger partial charge in [-0.3, -0.25) is 9.98 Å². The molecule has 0 aromatic carbocycles. The van der Waals surface area contributed by atoms with Gasteiger partial charge in [-0.05, 0) is 12.2 Å². The Kier molecular flexibility index (Phi) is 1.80. The quantitative estimate of drug-likeness (QED) is 0.443. The molecule has 0 N–H and O–H groups in total. The molecule has 0 aromatic heterocycles. The molecule has 0 saturated heterocycles. The molecule has 0 radical (unpaired) electrons. The minimum Gasteiger partial charge on any atom is -0.263 e. The van der Waals surface area contributed by atoms with Crippen molar-refractivity contribution in [3.8, 4) is 0 Å². The summed E-state index contributed by atoms with van der Waals surface area (Å²) in [4.78, 5) is 7.65. The maximum Gasteiger partial charge on any atom is 0.0450 e. The number of hydrogen-bond acceptors (Lipinski definition) is 2. The van der Waals surface area contributed by atoms with Crippen LogP contribution in [0.5, 0.6) is 0 Å². The van der Waals surface area contributed by atoms with Crippen LogP contribution in [0.15, 0.2) is 34.5 Å². The summed E-state index contributed by atoms with van der Waals surface area (Å²) < 4.78 is 0. The molecule has 0 saturated carbocycles. The molecule has 8 heavy (non-hydrogen) atoms. The van der Waals surface area contributed by atoms with E-state index in [1.165, 1.54) is 0 Å². The van der Waals surface area contributed by atoms with E-state index < -0.39 is 0 Å². The third-order valence-electron chi connectivity index (χ3n) is 0.694. The Balaban J connectivity index is 2.67. The van der Waals surface area contributed by atoms with Gasteiger partial charge in [0.2, 0.25) is 0 Å². The molecule has 1 heterocycles. The summed E-state index contributed by atoms with van der Waals surface area (Å²) in [7, 11) is 0. The highest BCUT2D eigenvalue weighted by Crippen LogP contribution is 1.79. The third-order valence-corrected chi connectivity index (χ3v) is 0.694. The summed E-state index contributed by atoms with van der Waals surface area (Å²) in [5, 5.41) is 0. The molecule has 1 aliphatic heterocycles. The first-order chi connectivity index (χ1) is 4.00. The van der Waals surface area contributed by atoms with Crippen LogP contribution in [0.25, 0.3) is 0 Å². The third kappa shape index (κ3) is 1.51. The molecule has 0 spiro atoms. The van der Waals surface area contributed by atoms with Crippen molar-refractivity contribution in [3.05, 3.63) is 24.6 Å². The molecule has 1 aliphatic rings. The lowest BCUT2D eigenvalue weighted by molar-refractivity contribution is 1.49. The molecule has 0 aliphatic carbocycles. The van der Waals surface area contributed by atoms with Gasteiger partial charge in [0.15, 0.2) is 0 Å². The fraction of sp³-hybridized carbons (Fsp3) is 0. The SMILES string of the molecule is C1=CC=N/C=C\N=C1. The standard InChI is InChI=1S/C6H6N2/c1-2-4-8-6-5-7-3-1/h1-6H/b2-1?,3-1?,4-2?,6-5-,7-3?,7-5?,8-4?,8-6?. The zero-order chi connectivity index (χ0) is 5.66. The van der Waals surface area contributed by atoms with Crippen LogP contribution in [0.1, 0.15) is 0 Å². The molecule has 1 rings (SSSR count). The van der Waals surface area contributed by atoms with Crippen molar-refractivity contribution in [1.29, 1.82) is 0 Å². The Hall–Kier alpha value is -1.18. The van der Waals surface area contributed by atoms with Gasteiger partial charge in [0.25, 0.3) is 0 Å². The number of hydrogen-bond donors (Lipinski definition) is 0. The highest BCUT2D eigenvalue weighted by molar-refractivity contribution is 5.82. The van der Waals surface area contributed by atoms with Crippen LogP contribution in [0.2, 0.25) is 0 Å². The molecule has 0 bridgehead atoms. The van der Waals surface area contributed by atoms with Gasteiger partial charge in [-0.1, -0.05) is 0 Å². The van der Waals surface area contributed by atoms with Gasteiger partial charge >= 0.3 is 0 Å². The Morgan fingerprint density at radius 1 is 0.750 bits per heavy atom. The van der Waals surface area contributed by atoms with Gasteiger partial charge in [-0.2, -0.15) is 0 Å². The van der Waals surface area contributed by atoms with E-state index >= 15 is 0 Å². The van der Waals surface area contributed by atoms with Crippen LogP contribution in [0.3, 0.4) is 0 Å². The van der Waals surface area contributed by atoms with E-state index in [2.05, 4.69) is 9.98 Å². The van der Waals surface area contributed by atoms with Crippen molar-refractivity contribution >= 4 is 12.4 Å². The first kappa shape index (κ1) is 4.97. The zero-order valence-electron chi connectivity index (χ0n) is 4.36. The Bertz CT molecular complexity index is 107. The predicted octanol–water partition coefficient (Wildman–Crippen LogP) is 1.17. The van der Waals surface area contributed by atoms with E-state index in [9.17, 15) is 0 Å². The van der Waals surface area contributed by atoms with E-state index in [-0.39, 0.29) is 0 Å². The lowest BCUT2D eigenvalue weighted by Crippen LogP contribution is -1.68. The van der Waals surface area contributed by atoms with Crippen molar-refractivity contribution in [3.63, 3.8) is 0 Å². The topological polar surface area (TPSA) is 24.7 Å². The molecular formula is C6H6N2.